The second-order valence-corrected chi connectivity index (χ2v) is 5.15. The van der Waals surface area contributed by atoms with Crippen LogP contribution in [0.3, 0.4) is 0 Å². The highest BCUT2D eigenvalue weighted by Crippen LogP contribution is 2.22. The Kier molecular flexibility index (Phi) is 4.80. The molecular weight excluding hydrogens is 222 g/mol. The molecule has 0 bridgehead atoms. The lowest BCUT2D eigenvalue weighted by atomic mass is 9.90. The van der Waals surface area contributed by atoms with Crippen molar-refractivity contribution in [3.05, 3.63) is 34.9 Å². The van der Waals surface area contributed by atoms with Crippen molar-refractivity contribution in [3.8, 4) is 0 Å². The van der Waals surface area contributed by atoms with Gasteiger partial charge in [-0.1, -0.05) is 25.8 Å². The highest BCUT2D eigenvalue weighted by Gasteiger charge is 2.12. The average Bonchev–Trinajstić information content (AvgIpc) is 2.43. The summed E-state index contributed by atoms with van der Waals surface area (Å²) in [4.78, 5) is 12.0. The van der Waals surface area contributed by atoms with Gasteiger partial charge in [-0.05, 0) is 55.4 Å². The van der Waals surface area contributed by atoms with E-state index in [1.54, 1.807) is 0 Å². The van der Waals surface area contributed by atoms with Gasteiger partial charge in [0.15, 0.2) is 0 Å². The number of hydrogen-bond acceptors (Lipinski definition) is 1. The summed E-state index contributed by atoms with van der Waals surface area (Å²) < 4.78 is 0. The maximum Gasteiger partial charge on any atom is 0.251 e. The fourth-order valence-corrected chi connectivity index (χ4v) is 2.55. The van der Waals surface area contributed by atoms with Crippen molar-refractivity contribution in [1.82, 2.24) is 5.32 Å². The van der Waals surface area contributed by atoms with E-state index in [4.69, 9.17) is 0 Å². The summed E-state index contributed by atoms with van der Waals surface area (Å²) in [5.74, 6) is 0.0828. The van der Waals surface area contributed by atoms with Crippen LogP contribution in [-0.4, -0.2) is 12.5 Å². The van der Waals surface area contributed by atoms with Crippen LogP contribution < -0.4 is 5.32 Å². The van der Waals surface area contributed by atoms with E-state index >= 15 is 0 Å². The van der Waals surface area contributed by atoms with Gasteiger partial charge in [0.2, 0.25) is 0 Å². The van der Waals surface area contributed by atoms with Gasteiger partial charge in [-0.15, -0.1) is 0 Å². The molecule has 0 atom stereocenters. The van der Waals surface area contributed by atoms with E-state index < -0.39 is 0 Å². The third-order valence-electron chi connectivity index (χ3n) is 3.68. The molecular formula is C16H23NO. The molecule has 1 aromatic rings. The lowest BCUT2D eigenvalue weighted by molar-refractivity contribution is 0.0953. The Morgan fingerprint density at radius 1 is 1.17 bits per heavy atom. The highest BCUT2D eigenvalue weighted by atomic mass is 16.1. The Labute approximate surface area is 110 Å². The Morgan fingerprint density at radius 3 is 2.72 bits per heavy atom. The lowest BCUT2D eigenvalue weighted by Crippen LogP contribution is -2.24. The molecule has 0 radical (unpaired) electrons. The molecule has 0 unspecified atom stereocenters. The zero-order chi connectivity index (χ0) is 12.8. The van der Waals surface area contributed by atoms with Crippen LogP contribution in [0.5, 0.6) is 0 Å². The van der Waals surface area contributed by atoms with Crippen LogP contribution in [0.15, 0.2) is 18.2 Å². The largest absolute Gasteiger partial charge is 0.352 e. The van der Waals surface area contributed by atoms with Crippen LogP contribution in [-0.2, 0) is 12.8 Å². The molecule has 1 aliphatic rings. The fraction of sp³-hybridized carbons (Fsp3) is 0.562. The van der Waals surface area contributed by atoms with E-state index in [0.29, 0.717) is 0 Å². The first-order valence-corrected chi connectivity index (χ1v) is 7.21. The predicted octanol–water partition coefficient (Wildman–Crippen LogP) is 3.49. The van der Waals surface area contributed by atoms with Gasteiger partial charge in [0.1, 0.15) is 0 Å². The molecule has 1 N–H and O–H groups in total. The summed E-state index contributed by atoms with van der Waals surface area (Å²) in [6.07, 6.45) is 8.30. The lowest BCUT2D eigenvalue weighted by Gasteiger charge is -2.16. The minimum Gasteiger partial charge on any atom is -0.352 e. The molecule has 2 heteroatoms. The predicted molar refractivity (Wildman–Crippen MR) is 74.9 cm³/mol. The zero-order valence-electron chi connectivity index (χ0n) is 11.3. The average molecular weight is 245 g/mol. The summed E-state index contributed by atoms with van der Waals surface area (Å²) >= 11 is 0. The standard InChI is InChI=1S/C16H23NO/c1-2-3-6-11-17-16(18)15-10-9-13-7-4-5-8-14(13)12-15/h9-10,12H,2-8,11H2,1H3,(H,17,18). The highest BCUT2D eigenvalue weighted by molar-refractivity contribution is 5.94. The van der Waals surface area contributed by atoms with Crippen molar-refractivity contribution in [3.63, 3.8) is 0 Å². The molecule has 0 saturated carbocycles. The Morgan fingerprint density at radius 2 is 1.94 bits per heavy atom. The van der Waals surface area contributed by atoms with Crippen molar-refractivity contribution in [2.24, 2.45) is 0 Å². The van der Waals surface area contributed by atoms with E-state index in [1.807, 2.05) is 6.07 Å². The molecule has 0 heterocycles. The molecule has 1 amide bonds. The van der Waals surface area contributed by atoms with Gasteiger partial charge in [0, 0.05) is 12.1 Å². The van der Waals surface area contributed by atoms with Gasteiger partial charge in [-0.2, -0.15) is 0 Å². The van der Waals surface area contributed by atoms with Gasteiger partial charge in [-0.25, -0.2) is 0 Å². The molecule has 2 nitrogen and oxygen atoms in total. The van der Waals surface area contributed by atoms with Gasteiger partial charge in [0.25, 0.3) is 5.91 Å². The van der Waals surface area contributed by atoms with Crippen molar-refractivity contribution in [2.45, 2.75) is 51.9 Å². The second kappa shape index (κ2) is 6.58. The monoisotopic (exact) mass is 245 g/mol. The molecule has 0 aromatic heterocycles. The number of benzene rings is 1. The van der Waals surface area contributed by atoms with Crippen LogP contribution in [0, 0.1) is 0 Å². The number of unbranched alkanes of at least 4 members (excludes halogenated alkanes) is 2. The van der Waals surface area contributed by atoms with Crippen LogP contribution in [0.25, 0.3) is 0 Å². The SMILES string of the molecule is CCCCCNC(=O)c1ccc2c(c1)CCCC2. The zero-order valence-corrected chi connectivity index (χ0v) is 11.3. The van der Waals surface area contributed by atoms with Crippen LogP contribution in [0.2, 0.25) is 0 Å². The summed E-state index contributed by atoms with van der Waals surface area (Å²) in [5.41, 5.74) is 3.64. The number of rotatable bonds is 5. The summed E-state index contributed by atoms with van der Waals surface area (Å²) in [6.45, 7) is 2.97. The van der Waals surface area contributed by atoms with Crippen LogP contribution in [0.4, 0.5) is 0 Å². The van der Waals surface area contributed by atoms with Crippen LogP contribution >= 0.6 is 0 Å². The Bertz CT molecular complexity index is 412. The van der Waals surface area contributed by atoms with E-state index in [0.717, 1.165) is 24.9 Å². The van der Waals surface area contributed by atoms with Crippen molar-refractivity contribution < 1.29 is 4.79 Å². The van der Waals surface area contributed by atoms with Gasteiger partial charge in [-0.3, -0.25) is 4.79 Å². The second-order valence-electron chi connectivity index (χ2n) is 5.15. The molecule has 18 heavy (non-hydrogen) atoms. The number of fused-ring (bicyclic) bond motifs is 1. The summed E-state index contributed by atoms with van der Waals surface area (Å²) in [6, 6.07) is 6.19. The molecule has 0 aliphatic heterocycles. The van der Waals surface area contributed by atoms with Crippen molar-refractivity contribution >= 4 is 5.91 Å². The van der Waals surface area contributed by atoms with E-state index in [9.17, 15) is 4.79 Å². The number of carbonyl (C=O) groups is 1. The molecule has 0 spiro atoms. The molecule has 1 aromatic carbocycles. The smallest absolute Gasteiger partial charge is 0.251 e. The number of carbonyl (C=O) groups excluding carboxylic acids is 1. The van der Waals surface area contributed by atoms with Gasteiger partial charge < -0.3 is 5.32 Å². The van der Waals surface area contributed by atoms with Crippen molar-refractivity contribution in [2.75, 3.05) is 6.54 Å². The first kappa shape index (κ1) is 13.1. The minimum absolute atomic E-state index is 0.0828. The first-order valence-electron chi connectivity index (χ1n) is 7.21. The Balaban J connectivity index is 1.94. The molecule has 0 fully saturated rings. The van der Waals surface area contributed by atoms with Crippen molar-refractivity contribution in [1.29, 1.82) is 0 Å². The normalized spacial score (nSPS) is 14.1. The van der Waals surface area contributed by atoms with Gasteiger partial charge >= 0.3 is 0 Å². The quantitative estimate of drug-likeness (QED) is 0.791. The fourth-order valence-electron chi connectivity index (χ4n) is 2.55. The first-order chi connectivity index (χ1) is 8.81. The van der Waals surface area contributed by atoms with E-state index in [1.165, 1.54) is 43.2 Å². The molecule has 0 saturated heterocycles. The minimum atomic E-state index is 0.0828. The summed E-state index contributed by atoms with van der Waals surface area (Å²) in [7, 11) is 0. The van der Waals surface area contributed by atoms with E-state index in [2.05, 4.69) is 24.4 Å². The number of aryl methyl sites for hydroxylation is 2. The maximum absolute atomic E-state index is 12.0. The molecule has 2 rings (SSSR count). The summed E-state index contributed by atoms with van der Waals surface area (Å²) in [5, 5.41) is 3.00. The van der Waals surface area contributed by atoms with Crippen LogP contribution in [0.1, 0.15) is 60.5 Å². The van der Waals surface area contributed by atoms with E-state index in [-0.39, 0.29) is 5.91 Å². The molecule has 1 aliphatic carbocycles. The third-order valence-corrected chi connectivity index (χ3v) is 3.68. The Hall–Kier alpha value is -1.31. The topological polar surface area (TPSA) is 29.1 Å². The van der Waals surface area contributed by atoms with Gasteiger partial charge in [0.05, 0.1) is 0 Å². The molecule has 98 valence electrons. The number of amides is 1. The third kappa shape index (κ3) is 3.34. The maximum atomic E-state index is 12.0. The number of hydrogen-bond donors (Lipinski definition) is 1. The number of nitrogens with one attached hydrogen (secondary N) is 1.